The molecule has 0 atom stereocenters. The third kappa shape index (κ3) is 3.95. The summed E-state index contributed by atoms with van der Waals surface area (Å²) < 4.78 is 5.26. The summed E-state index contributed by atoms with van der Waals surface area (Å²) in [4.78, 5) is 29.1. The molecule has 0 bridgehead atoms. The van der Waals surface area contributed by atoms with E-state index in [2.05, 4.69) is 51.1 Å². The van der Waals surface area contributed by atoms with E-state index < -0.39 is 0 Å². The van der Waals surface area contributed by atoms with Gasteiger partial charge in [-0.2, -0.15) is 0 Å². The summed E-state index contributed by atoms with van der Waals surface area (Å²) in [5.74, 6) is -0.304. The van der Waals surface area contributed by atoms with Gasteiger partial charge in [0.1, 0.15) is 5.52 Å². The van der Waals surface area contributed by atoms with Crippen molar-refractivity contribution in [2.24, 2.45) is 0 Å². The highest BCUT2D eigenvalue weighted by Crippen LogP contribution is 2.26. The van der Waals surface area contributed by atoms with Crippen molar-refractivity contribution in [3.8, 4) is 22.4 Å². The van der Waals surface area contributed by atoms with Gasteiger partial charge >= 0.3 is 5.97 Å². The van der Waals surface area contributed by atoms with Crippen molar-refractivity contribution in [1.82, 2.24) is 19.9 Å². The van der Waals surface area contributed by atoms with Gasteiger partial charge in [0.05, 0.1) is 24.1 Å². The molecule has 0 aliphatic carbocycles. The van der Waals surface area contributed by atoms with Gasteiger partial charge in [0.15, 0.2) is 5.65 Å². The van der Waals surface area contributed by atoms with E-state index in [0.717, 1.165) is 46.0 Å². The molecule has 6 heteroatoms. The van der Waals surface area contributed by atoms with Crippen LogP contribution in [0.15, 0.2) is 73.2 Å². The number of fused-ring (bicyclic) bond motifs is 2. The maximum absolute atomic E-state index is 12.1. The van der Waals surface area contributed by atoms with Crippen LogP contribution in [-0.2, 0) is 4.74 Å². The average Bonchev–Trinajstić information content (AvgIpc) is 3.31. The number of nitrogens with zero attached hydrogens (tertiary/aromatic N) is 3. The molecule has 6 nitrogen and oxygen atoms in total. The zero-order chi connectivity index (χ0) is 21.9. The minimum absolute atomic E-state index is 0.304. The Bertz CT molecular complexity index is 1410. The van der Waals surface area contributed by atoms with Crippen molar-refractivity contribution in [3.05, 3.63) is 78.8 Å². The van der Waals surface area contributed by atoms with E-state index in [-0.39, 0.29) is 5.97 Å². The van der Waals surface area contributed by atoms with Crippen LogP contribution in [0.2, 0.25) is 0 Å². The number of esters is 1. The van der Waals surface area contributed by atoms with Crippen molar-refractivity contribution >= 4 is 28.0 Å². The van der Waals surface area contributed by atoms with Gasteiger partial charge in [-0.15, -0.1) is 0 Å². The second kappa shape index (κ2) is 8.59. The Morgan fingerprint density at radius 1 is 0.938 bits per heavy atom. The molecule has 0 amide bonds. The molecule has 5 aromatic rings. The topological polar surface area (TPSA) is 80.8 Å². The Labute approximate surface area is 185 Å². The molecule has 1 N–H and O–H groups in total. The number of nitrogens with one attached hydrogen (secondary N) is 1. The Balaban J connectivity index is 1.39. The number of H-pyrrole nitrogens is 1. The molecule has 0 spiro atoms. The zero-order valence-corrected chi connectivity index (χ0v) is 17.7. The monoisotopic (exact) mass is 422 g/mol. The minimum atomic E-state index is -0.304. The molecule has 0 aliphatic heterocycles. The van der Waals surface area contributed by atoms with Gasteiger partial charge in [0.2, 0.25) is 0 Å². The average molecular weight is 422 g/mol. The highest BCUT2D eigenvalue weighted by molar-refractivity contribution is 5.90. The number of aromatic nitrogens is 4. The highest BCUT2D eigenvalue weighted by atomic mass is 16.5. The fourth-order valence-electron chi connectivity index (χ4n) is 3.60. The van der Waals surface area contributed by atoms with Crippen molar-refractivity contribution in [3.63, 3.8) is 0 Å². The number of rotatable bonds is 6. The van der Waals surface area contributed by atoms with Gasteiger partial charge in [0.25, 0.3) is 0 Å². The number of ether oxygens (including phenoxy) is 1. The van der Waals surface area contributed by atoms with Crippen LogP contribution in [0.25, 0.3) is 44.5 Å². The summed E-state index contributed by atoms with van der Waals surface area (Å²) in [6.45, 7) is 2.51. The molecule has 0 saturated carbocycles. The van der Waals surface area contributed by atoms with Crippen LogP contribution in [0.1, 0.15) is 30.1 Å². The summed E-state index contributed by atoms with van der Waals surface area (Å²) in [5, 5.41) is 1.15. The van der Waals surface area contributed by atoms with Gasteiger partial charge in [-0.1, -0.05) is 31.5 Å². The first-order valence-electron chi connectivity index (χ1n) is 10.7. The molecular weight excluding hydrogens is 400 g/mol. The van der Waals surface area contributed by atoms with Crippen LogP contribution in [0.5, 0.6) is 0 Å². The maximum atomic E-state index is 12.1. The molecule has 3 aromatic heterocycles. The van der Waals surface area contributed by atoms with Gasteiger partial charge in [0, 0.05) is 29.0 Å². The second-order valence-electron chi connectivity index (χ2n) is 7.67. The number of carbonyl (C=O) groups excluding carboxylic acids is 1. The first-order chi connectivity index (χ1) is 15.7. The zero-order valence-electron chi connectivity index (χ0n) is 17.7. The summed E-state index contributed by atoms with van der Waals surface area (Å²) in [6.07, 6.45) is 7.35. The lowest BCUT2D eigenvalue weighted by atomic mass is 10.1. The first kappa shape index (κ1) is 19.9. The number of hydrogen-bond donors (Lipinski definition) is 1. The second-order valence-corrected chi connectivity index (χ2v) is 7.67. The number of benzene rings is 2. The third-order valence-corrected chi connectivity index (χ3v) is 5.43. The lowest BCUT2D eigenvalue weighted by Crippen LogP contribution is -2.06. The smallest absolute Gasteiger partial charge is 0.338 e. The number of unbranched alkanes of at least 4 members (excludes halogenated alkanes) is 1. The van der Waals surface area contributed by atoms with Crippen LogP contribution in [0.4, 0.5) is 0 Å². The Kier molecular flexibility index (Phi) is 5.34. The van der Waals surface area contributed by atoms with Gasteiger partial charge in [-0.3, -0.25) is 4.98 Å². The highest BCUT2D eigenvalue weighted by Gasteiger charge is 2.10. The maximum Gasteiger partial charge on any atom is 0.338 e. The normalized spacial score (nSPS) is 11.2. The Hall–Kier alpha value is -4.06. The number of pyridine rings is 1. The van der Waals surface area contributed by atoms with E-state index in [1.165, 1.54) is 0 Å². The molecule has 0 unspecified atom stereocenters. The quantitative estimate of drug-likeness (QED) is 0.276. The summed E-state index contributed by atoms with van der Waals surface area (Å²) in [6, 6.07) is 17.5. The van der Waals surface area contributed by atoms with E-state index in [0.29, 0.717) is 23.5 Å². The van der Waals surface area contributed by atoms with E-state index >= 15 is 0 Å². The standard InChI is InChI=1S/C26H22N4O2/c1-2-3-12-32-26(31)18-6-4-17(5-7-18)24-16-28-23-14-21(15-29-25(23)30-24)19-8-9-22-20(13-19)10-11-27-22/h4-11,13-16,27H,2-3,12H2,1H3. The number of hydrogen-bond acceptors (Lipinski definition) is 5. The van der Waals surface area contributed by atoms with E-state index in [1.54, 1.807) is 18.3 Å². The molecule has 158 valence electrons. The summed E-state index contributed by atoms with van der Waals surface area (Å²) >= 11 is 0. The largest absolute Gasteiger partial charge is 0.462 e. The number of carbonyl (C=O) groups is 1. The lowest BCUT2D eigenvalue weighted by Gasteiger charge is -2.07. The SMILES string of the molecule is CCCCOC(=O)c1ccc(-c2cnc3cc(-c4ccc5[nH]ccc5c4)cnc3n2)cc1. The Morgan fingerprint density at radius 3 is 2.62 bits per heavy atom. The Morgan fingerprint density at radius 2 is 1.78 bits per heavy atom. The molecule has 0 aliphatic rings. The van der Waals surface area contributed by atoms with E-state index in [4.69, 9.17) is 4.74 Å². The molecule has 5 rings (SSSR count). The van der Waals surface area contributed by atoms with Crippen LogP contribution in [0.3, 0.4) is 0 Å². The lowest BCUT2D eigenvalue weighted by molar-refractivity contribution is 0.0500. The molecule has 3 heterocycles. The van der Waals surface area contributed by atoms with E-state index in [1.807, 2.05) is 30.6 Å². The molecule has 0 fully saturated rings. The van der Waals surface area contributed by atoms with Crippen molar-refractivity contribution < 1.29 is 9.53 Å². The molecule has 0 radical (unpaired) electrons. The van der Waals surface area contributed by atoms with Crippen LogP contribution >= 0.6 is 0 Å². The molecular formula is C26H22N4O2. The summed E-state index contributed by atoms with van der Waals surface area (Å²) in [5.41, 5.74) is 6.60. The fraction of sp³-hybridized carbons (Fsp3) is 0.154. The van der Waals surface area contributed by atoms with Crippen molar-refractivity contribution in [2.75, 3.05) is 6.61 Å². The third-order valence-electron chi connectivity index (χ3n) is 5.43. The summed E-state index contributed by atoms with van der Waals surface area (Å²) in [7, 11) is 0. The van der Waals surface area contributed by atoms with Crippen LogP contribution < -0.4 is 0 Å². The van der Waals surface area contributed by atoms with Crippen LogP contribution in [0, 0.1) is 0 Å². The molecule has 2 aromatic carbocycles. The predicted octanol–water partition coefficient (Wildman–Crippen LogP) is 5.80. The van der Waals surface area contributed by atoms with Gasteiger partial charge in [-0.05, 0) is 53.8 Å². The van der Waals surface area contributed by atoms with Crippen molar-refractivity contribution in [1.29, 1.82) is 0 Å². The molecule has 0 saturated heterocycles. The fourth-order valence-corrected chi connectivity index (χ4v) is 3.60. The van der Waals surface area contributed by atoms with Gasteiger partial charge < -0.3 is 9.72 Å². The minimum Gasteiger partial charge on any atom is -0.462 e. The van der Waals surface area contributed by atoms with Crippen molar-refractivity contribution in [2.45, 2.75) is 19.8 Å². The van der Waals surface area contributed by atoms with Crippen LogP contribution in [-0.4, -0.2) is 32.5 Å². The van der Waals surface area contributed by atoms with E-state index in [9.17, 15) is 4.79 Å². The first-order valence-corrected chi connectivity index (χ1v) is 10.7. The predicted molar refractivity (Wildman–Crippen MR) is 125 cm³/mol. The molecule has 32 heavy (non-hydrogen) atoms. The number of aromatic amines is 1. The van der Waals surface area contributed by atoms with Gasteiger partial charge in [-0.25, -0.2) is 14.8 Å².